The van der Waals surface area contributed by atoms with Crippen LogP contribution in [0.2, 0.25) is 0 Å². The van der Waals surface area contributed by atoms with E-state index in [1.165, 1.54) is 0 Å². The van der Waals surface area contributed by atoms with Crippen LogP contribution in [0.25, 0.3) is 0 Å². The zero-order valence-electron chi connectivity index (χ0n) is 10.4. The number of hydrogen-bond donors (Lipinski definition) is 3. The molecular weight excluding hydrogens is 236 g/mol. The maximum atomic E-state index is 12.2. The third-order valence-electron chi connectivity index (χ3n) is 4.22. The normalized spacial score (nSPS) is 24.3. The second-order valence-corrected chi connectivity index (χ2v) is 5.36. The summed E-state index contributed by atoms with van der Waals surface area (Å²) in [6, 6.07) is 0. The Hall–Kier alpha value is -1.14. The molecule has 4 N–H and O–H groups in total. The van der Waals surface area contributed by atoms with Crippen LogP contribution >= 0.6 is 0 Å². The van der Waals surface area contributed by atoms with Gasteiger partial charge < -0.3 is 20.9 Å². The lowest BCUT2D eigenvalue weighted by molar-refractivity contribution is -0.144. The highest BCUT2D eigenvalue weighted by molar-refractivity contribution is 5.84. The van der Waals surface area contributed by atoms with E-state index in [2.05, 4.69) is 5.32 Å². The molecule has 2 fully saturated rings. The van der Waals surface area contributed by atoms with E-state index >= 15 is 0 Å². The highest BCUT2D eigenvalue weighted by atomic mass is 16.5. The Balaban J connectivity index is 1.92. The van der Waals surface area contributed by atoms with Crippen LogP contribution in [0.3, 0.4) is 0 Å². The molecule has 0 atom stereocenters. The fourth-order valence-corrected chi connectivity index (χ4v) is 2.34. The molecule has 1 saturated heterocycles. The molecule has 0 bridgehead atoms. The Kier molecular flexibility index (Phi) is 3.59. The zero-order chi connectivity index (χ0) is 13.2. The third-order valence-corrected chi connectivity index (χ3v) is 4.22. The molecule has 1 heterocycles. The summed E-state index contributed by atoms with van der Waals surface area (Å²) in [6.07, 6.45) is 2.49. The van der Waals surface area contributed by atoms with Gasteiger partial charge in [-0.05, 0) is 25.7 Å². The van der Waals surface area contributed by atoms with E-state index in [9.17, 15) is 9.59 Å². The lowest BCUT2D eigenvalue weighted by Crippen LogP contribution is -2.50. The zero-order valence-corrected chi connectivity index (χ0v) is 10.4. The quantitative estimate of drug-likeness (QED) is 0.628. The standard InChI is InChI=1S/C12H20N2O4/c13-7-11(3-5-18-6-4-11)9(15)14-8-12(1-2-12)10(16)17/h1-8,13H2,(H,14,15)(H,16,17). The van der Waals surface area contributed by atoms with Crippen LogP contribution in [0.5, 0.6) is 0 Å². The number of amides is 1. The second-order valence-electron chi connectivity index (χ2n) is 5.36. The summed E-state index contributed by atoms with van der Waals surface area (Å²) < 4.78 is 5.24. The van der Waals surface area contributed by atoms with E-state index in [0.29, 0.717) is 38.9 Å². The Morgan fingerprint density at radius 1 is 1.17 bits per heavy atom. The van der Waals surface area contributed by atoms with Gasteiger partial charge in [0.15, 0.2) is 0 Å². The minimum Gasteiger partial charge on any atom is -0.481 e. The van der Waals surface area contributed by atoms with Crippen molar-refractivity contribution in [2.75, 3.05) is 26.3 Å². The smallest absolute Gasteiger partial charge is 0.311 e. The van der Waals surface area contributed by atoms with E-state index in [4.69, 9.17) is 15.6 Å². The van der Waals surface area contributed by atoms with Gasteiger partial charge in [-0.1, -0.05) is 0 Å². The van der Waals surface area contributed by atoms with Crippen molar-refractivity contribution in [3.8, 4) is 0 Å². The fraction of sp³-hybridized carbons (Fsp3) is 0.833. The number of carbonyl (C=O) groups excluding carboxylic acids is 1. The SMILES string of the molecule is NCC1(C(=O)NCC2(C(=O)O)CC2)CCOCC1. The molecule has 0 aromatic rings. The summed E-state index contributed by atoms with van der Waals surface area (Å²) in [4.78, 5) is 23.2. The largest absolute Gasteiger partial charge is 0.481 e. The molecule has 6 heteroatoms. The number of ether oxygens (including phenoxy) is 1. The first-order chi connectivity index (χ1) is 8.55. The number of nitrogens with one attached hydrogen (secondary N) is 1. The lowest BCUT2D eigenvalue weighted by atomic mass is 9.79. The van der Waals surface area contributed by atoms with Crippen molar-refractivity contribution in [3.63, 3.8) is 0 Å². The molecule has 18 heavy (non-hydrogen) atoms. The van der Waals surface area contributed by atoms with Gasteiger partial charge in [0, 0.05) is 26.3 Å². The molecule has 0 aromatic heterocycles. The highest BCUT2D eigenvalue weighted by Crippen LogP contribution is 2.45. The van der Waals surface area contributed by atoms with Gasteiger partial charge in [0.2, 0.25) is 5.91 Å². The van der Waals surface area contributed by atoms with Crippen LogP contribution in [0, 0.1) is 10.8 Å². The van der Waals surface area contributed by atoms with Gasteiger partial charge in [-0.3, -0.25) is 9.59 Å². The highest BCUT2D eigenvalue weighted by Gasteiger charge is 2.51. The number of nitrogens with two attached hydrogens (primary N) is 1. The van der Waals surface area contributed by atoms with Gasteiger partial charge in [-0.15, -0.1) is 0 Å². The van der Waals surface area contributed by atoms with Gasteiger partial charge >= 0.3 is 5.97 Å². The first-order valence-electron chi connectivity index (χ1n) is 6.34. The van der Waals surface area contributed by atoms with E-state index in [-0.39, 0.29) is 19.0 Å². The fourth-order valence-electron chi connectivity index (χ4n) is 2.34. The maximum Gasteiger partial charge on any atom is 0.311 e. The molecule has 1 saturated carbocycles. The van der Waals surface area contributed by atoms with Gasteiger partial charge in [-0.25, -0.2) is 0 Å². The van der Waals surface area contributed by atoms with Crippen molar-refractivity contribution in [2.24, 2.45) is 16.6 Å². The van der Waals surface area contributed by atoms with E-state index in [0.717, 1.165) is 0 Å². The minimum atomic E-state index is -0.823. The van der Waals surface area contributed by atoms with Crippen molar-refractivity contribution in [1.82, 2.24) is 5.32 Å². The summed E-state index contributed by atoms with van der Waals surface area (Å²) >= 11 is 0. The van der Waals surface area contributed by atoms with Crippen molar-refractivity contribution >= 4 is 11.9 Å². The molecule has 6 nitrogen and oxygen atoms in total. The monoisotopic (exact) mass is 256 g/mol. The molecule has 102 valence electrons. The Morgan fingerprint density at radius 3 is 2.22 bits per heavy atom. The molecule has 0 aromatic carbocycles. The first kappa shape index (κ1) is 13.3. The summed E-state index contributed by atoms with van der Waals surface area (Å²) in [5, 5.41) is 11.8. The summed E-state index contributed by atoms with van der Waals surface area (Å²) in [5.41, 5.74) is 4.42. The third kappa shape index (κ3) is 2.35. The van der Waals surface area contributed by atoms with Crippen LogP contribution in [0.15, 0.2) is 0 Å². The molecule has 0 radical (unpaired) electrons. The van der Waals surface area contributed by atoms with Gasteiger partial charge in [0.25, 0.3) is 0 Å². The predicted molar refractivity (Wildman–Crippen MR) is 63.9 cm³/mol. The summed E-state index contributed by atoms with van der Waals surface area (Å²) in [7, 11) is 0. The van der Waals surface area contributed by atoms with Crippen LogP contribution in [-0.2, 0) is 14.3 Å². The number of hydrogen-bond acceptors (Lipinski definition) is 4. The number of carboxylic acids is 1. The topological polar surface area (TPSA) is 102 Å². The van der Waals surface area contributed by atoms with Crippen LogP contribution in [-0.4, -0.2) is 43.3 Å². The van der Waals surface area contributed by atoms with Crippen LogP contribution in [0.1, 0.15) is 25.7 Å². The Morgan fingerprint density at radius 2 is 1.78 bits per heavy atom. The van der Waals surface area contributed by atoms with E-state index in [1.807, 2.05) is 0 Å². The number of rotatable bonds is 5. The lowest BCUT2D eigenvalue weighted by Gasteiger charge is -2.34. The van der Waals surface area contributed by atoms with Crippen LogP contribution < -0.4 is 11.1 Å². The maximum absolute atomic E-state index is 12.2. The molecular formula is C12H20N2O4. The van der Waals surface area contributed by atoms with Crippen molar-refractivity contribution in [2.45, 2.75) is 25.7 Å². The molecule has 2 rings (SSSR count). The van der Waals surface area contributed by atoms with E-state index < -0.39 is 16.8 Å². The molecule has 2 aliphatic rings. The summed E-state index contributed by atoms with van der Waals surface area (Å²) in [6.45, 7) is 1.56. The molecule has 1 aliphatic carbocycles. The Bertz CT molecular complexity index is 346. The number of carboxylic acid groups (broad SMARTS) is 1. The number of carbonyl (C=O) groups is 2. The van der Waals surface area contributed by atoms with Crippen molar-refractivity contribution in [1.29, 1.82) is 0 Å². The van der Waals surface area contributed by atoms with Gasteiger partial charge in [0.05, 0.1) is 10.8 Å². The van der Waals surface area contributed by atoms with Gasteiger partial charge in [0.1, 0.15) is 0 Å². The van der Waals surface area contributed by atoms with Crippen molar-refractivity contribution < 1.29 is 19.4 Å². The average Bonchev–Trinajstić information content (AvgIpc) is 3.18. The summed E-state index contributed by atoms with van der Waals surface area (Å²) in [5.74, 6) is -0.947. The van der Waals surface area contributed by atoms with Crippen molar-refractivity contribution in [3.05, 3.63) is 0 Å². The predicted octanol–water partition coefficient (Wildman–Crippen LogP) is -0.277. The van der Waals surface area contributed by atoms with E-state index in [1.54, 1.807) is 0 Å². The van der Waals surface area contributed by atoms with Crippen LogP contribution in [0.4, 0.5) is 0 Å². The molecule has 0 unspecified atom stereocenters. The van der Waals surface area contributed by atoms with Gasteiger partial charge in [-0.2, -0.15) is 0 Å². The molecule has 1 amide bonds. The molecule has 0 spiro atoms. The second kappa shape index (κ2) is 4.85. The first-order valence-corrected chi connectivity index (χ1v) is 6.34. The number of aliphatic carboxylic acids is 1. The average molecular weight is 256 g/mol. The Labute approximate surface area is 106 Å². The minimum absolute atomic E-state index is 0.124. The molecule has 1 aliphatic heterocycles.